The number of benzene rings is 1. The molecule has 78 valence electrons. The summed E-state index contributed by atoms with van der Waals surface area (Å²) in [5, 5.41) is 3.28. The molecule has 1 N–H and O–H groups in total. The lowest BCUT2D eigenvalue weighted by atomic mass is 10.1. The maximum atomic E-state index is 4.22. The van der Waals surface area contributed by atoms with Crippen LogP contribution in [0.1, 0.15) is 12.5 Å². The Morgan fingerprint density at radius 1 is 1.40 bits per heavy atom. The first-order valence-electron chi connectivity index (χ1n) is 5.13. The highest BCUT2D eigenvalue weighted by Crippen LogP contribution is 2.15. The first kappa shape index (κ1) is 9.77. The summed E-state index contributed by atoms with van der Waals surface area (Å²) in [5.41, 5.74) is 2.41. The summed E-state index contributed by atoms with van der Waals surface area (Å²) in [6.07, 6.45) is 4.76. The van der Waals surface area contributed by atoms with Crippen LogP contribution in [0.2, 0.25) is 0 Å². The van der Waals surface area contributed by atoms with Gasteiger partial charge in [-0.3, -0.25) is 0 Å². The second-order valence-corrected chi connectivity index (χ2v) is 3.54. The molecule has 0 aliphatic carbocycles. The summed E-state index contributed by atoms with van der Waals surface area (Å²) < 4.78 is 1.96. The van der Waals surface area contributed by atoms with E-state index in [-0.39, 0.29) is 0 Å². The number of aromatic nitrogens is 2. The topological polar surface area (TPSA) is 29.9 Å². The van der Waals surface area contributed by atoms with Crippen molar-refractivity contribution in [1.29, 1.82) is 0 Å². The maximum absolute atomic E-state index is 4.22. The maximum Gasteiger partial charge on any atom is 0.207 e. The molecule has 3 heteroatoms. The van der Waals surface area contributed by atoms with E-state index in [4.69, 9.17) is 0 Å². The molecular formula is C12H15N3. The van der Waals surface area contributed by atoms with Gasteiger partial charge in [-0.1, -0.05) is 19.1 Å². The van der Waals surface area contributed by atoms with Gasteiger partial charge in [0.15, 0.2) is 0 Å². The fraction of sp³-hybridized carbons (Fsp3) is 0.250. The summed E-state index contributed by atoms with van der Waals surface area (Å²) in [4.78, 5) is 4.22. The predicted octanol–water partition coefficient (Wildman–Crippen LogP) is 2.73. The molecule has 15 heavy (non-hydrogen) atoms. The molecule has 0 atom stereocenters. The Hall–Kier alpha value is -1.77. The van der Waals surface area contributed by atoms with Crippen molar-refractivity contribution in [2.24, 2.45) is 7.05 Å². The lowest BCUT2D eigenvalue weighted by molar-refractivity contribution is 0.924. The van der Waals surface area contributed by atoms with Crippen LogP contribution in [0.15, 0.2) is 36.7 Å². The lowest BCUT2D eigenvalue weighted by Crippen LogP contribution is -1.98. The Labute approximate surface area is 89.8 Å². The zero-order chi connectivity index (χ0) is 10.7. The highest BCUT2D eigenvalue weighted by Gasteiger charge is 1.99. The molecule has 1 aromatic carbocycles. The zero-order valence-electron chi connectivity index (χ0n) is 9.07. The number of nitrogens with one attached hydrogen (secondary N) is 1. The number of nitrogens with zero attached hydrogens (tertiary/aromatic N) is 2. The van der Waals surface area contributed by atoms with Gasteiger partial charge in [0.25, 0.3) is 0 Å². The van der Waals surface area contributed by atoms with Crippen LogP contribution in [0.4, 0.5) is 11.6 Å². The van der Waals surface area contributed by atoms with Crippen LogP contribution >= 0.6 is 0 Å². The van der Waals surface area contributed by atoms with Crippen molar-refractivity contribution in [3.05, 3.63) is 42.2 Å². The van der Waals surface area contributed by atoms with E-state index in [0.29, 0.717) is 0 Å². The van der Waals surface area contributed by atoms with Crippen LogP contribution in [-0.4, -0.2) is 9.55 Å². The van der Waals surface area contributed by atoms with E-state index < -0.39 is 0 Å². The van der Waals surface area contributed by atoms with Gasteiger partial charge in [0.05, 0.1) is 0 Å². The van der Waals surface area contributed by atoms with E-state index in [1.54, 1.807) is 6.20 Å². The fourth-order valence-corrected chi connectivity index (χ4v) is 1.48. The van der Waals surface area contributed by atoms with Crippen molar-refractivity contribution in [2.75, 3.05) is 5.32 Å². The molecule has 1 heterocycles. The van der Waals surface area contributed by atoms with E-state index in [1.165, 1.54) is 5.56 Å². The van der Waals surface area contributed by atoms with Gasteiger partial charge < -0.3 is 9.88 Å². The second kappa shape index (κ2) is 4.17. The summed E-state index contributed by atoms with van der Waals surface area (Å²) in [6, 6.07) is 8.39. The van der Waals surface area contributed by atoms with Crippen molar-refractivity contribution in [2.45, 2.75) is 13.3 Å². The molecule has 0 saturated carbocycles. The summed E-state index contributed by atoms with van der Waals surface area (Å²) in [5.74, 6) is 0.864. The predicted molar refractivity (Wildman–Crippen MR) is 62.3 cm³/mol. The Morgan fingerprint density at radius 2 is 2.27 bits per heavy atom. The zero-order valence-corrected chi connectivity index (χ0v) is 9.07. The molecule has 0 spiro atoms. The Morgan fingerprint density at radius 3 is 2.93 bits per heavy atom. The third-order valence-corrected chi connectivity index (χ3v) is 2.41. The van der Waals surface area contributed by atoms with Gasteiger partial charge in [0.1, 0.15) is 0 Å². The molecular weight excluding hydrogens is 186 g/mol. The molecule has 0 aliphatic heterocycles. The third-order valence-electron chi connectivity index (χ3n) is 2.41. The van der Waals surface area contributed by atoms with Gasteiger partial charge in [0, 0.05) is 25.1 Å². The minimum absolute atomic E-state index is 0.864. The molecule has 0 unspecified atom stereocenters. The van der Waals surface area contributed by atoms with Crippen molar-refractivity contribution < 1.29 is 0 Å². The van der Waals surface area contributed by atoms with E-state index in [2.05, 4.69) is 35.4 Å². The first-order valence-corrected chi connectivity index (χ1v) is 5.13. The Balaban J connectivity index is 2.21. The number of hydrogen-bond acceptors (Lipinski definition) is 2. The van der Waals surface area contributed by atoms with Crippen molar-refractivity contribution in [1.82, 2.24) is 9.55 Å². The fourth-order valence-electron chi connectivity index (χ4n) is 1.48. The first-order chi connectivity index (χ1) is 7.29. The smallest absolute Gasteiger partial charge is 0.207 e. The molecule has 0 bridgehead atoms. The van der Waals surface area contributed by atoms with Crippen molar-refractivity contribution in [3.63, 3.8) is 0 Å². The largest absolute Gasteiger partial charge is 0.326 e. The van der Waals surface area contributed by atoms with E-state index in [0.717, 1.165) is 18.1 Å². The Kier molecular flexibility index (Phi) is 2.72. The van der Waals surface area contributed by atoms with Crippen LogP contribution in [0.5, 0.6) is 0 Å². The molecule has 0 fully saturated rings. The molecule has 0 aliphatic rings. The molecule has 0 radical (unpaired) electrons. The van der Waals surface area contributed by atoms with Crippen molar-refractivity contribution in [3.8, 4) is 0 Å². The van der Waals surface area contributed by atoms with Gasteiger partial charge in [-0.05, 0) is 24.1 Å². The van der Waals surface area contributed by atoms with Crippen molar-refractivity contribution >= 4 is 11.6 Å². The van der Waals surface area contributed by atoms with E-state index in [1.807, 2.05) is 23.9 Å². The van der Waals surface area contributed by atoms with Crippen LogP contribution in [0.3, 0.4) is 0 Å². The van der Waals surface area contributed by atoms with Crippen LogP contribution < -0.4 is 5.32 Å². The van der Waals surface area contributed by atoms with Crippen LogP contribution in [-0.2, 0) is 13.5 Å². The second-order valence-electron chi connectivity index (χ2n) is 3.54. The highest BCUT2D eigenvalue weighted by atomic mass is 15.2. The minimum atomic E-state index is 0.864. The number of aryl methyl sites for hydroxylation is 2. The van der Waals surface area contributed by atoms with Gasteiger partial charge >= 0.3 is 0 Å². The summed E-state index contributed by atoms with van der Waals surface area (Å²) >= 11 is 0. The normalized spacial score (nSPS) is 10.3. The number of anilines is 2. The van der Waals surface area contributed by atoms with E-state index >= 15 is 0 Å². The molecule has 3 nitrogen and oxygen atoms in total. The van der Waals surface area contributed by atoms with Crippen LogP contribution in [0, 0.1) is 0 Å². The third kappa shape index (κ3) is 2.18. The van der Waals surface area contributed by atoms with Gasteiger partial charge in [0.2, 0.25) is 5.95 Å². The van der Waals surface area contributed by atoms with Gasteiger partial charge in [-0.15, -0.1) is 0 Å². The molecule has 0 amide bonds. The summed E-state index contributed by atoms with van der Waals surface area (Å²) in [6.45, 7) is 2.15. The highest BCUT2D eigenvalue weighted by molar-refractivity contribution is 5.54. The quantitative estimate of drug-likeness (QED) is 0.827. The average molecular weight is 201 g/mol. The Bertz CT molecular complexity index is 446. The SMILES string of the molecule is CCc1cccc(Nc2nccn2C)c1. The minimum Gasteiger partial charge on any atom is -0.326 e. The molecule has 0 saturated heterocycles. The number of hydrogen-bond donors (Lipinski definition) is 1. The molecule has 2 rings (SSSR count). The number of imidazole rings is 1. The van der Waals surface area contributed by atoms with Gasteiger partial charge in [-0.25, -0.2) is 4.98 Å². The summed E-state index contributed by atoms with van der Waals surface area (Å²) in [7, 11) is 1.97. The standard InChI is InChI=1S/C12H15N3/c1-3-10-5-4-6-11(9-10)14-12-13-7-8-15(12)2/h4-9H,3H2,1-2H3,(H,13,14). The molecule has 2 aromatic rings. The van der Waals surface area contributed by atoms with E-state index in [9.17, 15) is 0 Å². The number of rotatable bonds is 3. The molecule has 1 aromatic heterocycles. The lowest BCUT2D eigenvalue weighted by Gasteiger charge is -2.06. The van der Waals surface area contributed by atoms with Gasteiger partial charge in [-0.2, -0.15) is 0 Å². The average Bonchev–Trinajstić information content (AvgIpc) is 2.65. The monoisotopic (exact) mass is 201 g/mol. The van der Waals surface area contributed by atoms with Crippen LogP contribution in [0.25, 0.3) is 0 Å².